The SMILES string of the molecule is O=C(NC(=S)Nc1ccc(Nc2ccccc2)cc1)c1ccccc1. The molecule has 3 rings (SSSR count). The summed E-state index contributed by atoms with van der Waals surface area (Å²) < 4.78 is 0. The fraction of sp³-hybridized carbons (Fsp3) is 0. The molecule has 0 radical (unpaired) electrons. The summed E-state index contributed by atoms with van der Waals surface area (Å²) in [4.78, 5) is 12.1. The molecular formula is C20H17N3OS. The van der Waals surface area contributed by atoms with E-state index in [0.29, 0.717) is 5.56 Å². The Morgan fingerprint density at radius 3 is 1.84 bits per heavy atom. The van der Waals surface area contributed by atoms with E-state index >= 15 is 0 Å². The zero-order valence-corrected chi connectivity index (χ0v) is 14.2. The van der Waals surface area contributed by atoms with Crippen LogP contribution in [-0.2, 0) is 0 Å². The number of thiocarbonyl (C=S) groups is 1. The van der Waals surface area contributed by atoms with Crippen LogP contribution < -0.4 is 16.0 Å². The lowest BCUT2D eigenvalue weighted by molar-refractivity contribution is 0.0977. The molecule has 3 aromatic carbocycles. The molecule has 0 bridgehead atoms. The van der Waals surface area contributed by atoms with E-state index in [0.717, 1.165) is 17.1 Å². The zero-order valence-electron chi connectivity index (χ0n) is 13.4. The summed E-state index contributed by atoms with van der Waals surface area (Å²) in [7, 11) is 0. The number of benzene rings is 3. The van der Waals surface area contributed by atoms with Crippen LogP contribution in [-0.4, -0.2) is 11.0 Å². The Bertz CT molecular complexity index is 849. The Morgan fingerprint density at radius 2 is 1.20 bits per heavy atom. The third-order valence-electron chi connectivity index (χ3n) is 3.47. The Morgan fingerprint density at radius 1 is 0.680 bits per heavy atom. The molecule has 4 nitrogen and oxygen atoms in total. The molecule has 0 aromatic heterocycles. The van der Waals surface area contributed by atoms with Crippen LogP contribution in [0.15, 0.2) is 84.9 Å². The highest BCUT2D eigenvalue weighted by atomic mass is 32.1. The van der Waals surface area contributed by atoms with Gasteiger partial charge in [-0.3, -0.25) is 10.1 Å². The average Bonchev–Trinajstić information content (AvgIpc) is 2.65. The molecule has 3 N–H and O–H groups in total. The second kappa shape index (κ2) is 8.08. The summed E-state index contributed by atoms with van der Waals surface area (Å²) in [5, 5.41) is 9.24. The summed E-state index contributed by atoms with van der Waals surface area (Å²) >= 11 is 5.19. The molecular weight excluding hydrogens is 330 g/mol. The maximum absolute atomic E-state index is 12.1. The lowest BCUT2D eigenvalue weighted by Gasteiger charge is -2.11. The topological polar surface area (TPSA) is 53.2 Å². The van der Waals surface area contributed by atoms with Gasteiger partial charge in [-0.15, -0.1) is 0 Å². The Kier molecular flexibility index (Phi) is 5.39. The molecule has 0 aliphatic rings. The third kappa shape index (κ3) is 4.89. The van der Waals surface area contributed by atoms with Gasteiger partial charge in [0.25, 0.3) is 5.91 Å². The van der Waals surface area contributed by atoms with Crippen molar-refractivity contribution in [1.82, 2.24) is 5.32 Å². The van der Waals surface area contributed by atoms with Crippen LogP contribution in [0, 0.1) is 0 Å². The van der Waals surface area contributed by atoms with E-state index in [1.165, 1.54) is 0 Å². The third-order valence-corrected chi connectivity index (χ3v) is 3.67. The minimum atomic E-state index is -0.236. The molecule has 5 heteroatoms. The van der Waals surface area contributed by atoms with Crippen LogP contribution in [0.1, 0.15) is 10.4 Å². The average molecular weight is 347 g/mol. The van der Waals surface area contributed by atoms with Gasteiger partial charge in [0.1, 0.15) is 0 Å². The molecule has 3 aromatic rings. The van der Waals surface area contributed by atoms with Gasteiger partial charge in [0.15, 0.2) is 5.11 Å². The number of carbonyl (C=O) groups is 1. The van der Waals surface area contributed by atoms with Crippen LogP contribution in [0.5, 0.6) is 0 Å². The van der Waals surface area contributed by atoms with E-state index in [1.54, 1.807) is 12.1 Å². The summed E-state index contributed by atoms with van der Waals surface area (Å²) in [5.74, 6) is -0.236. The second-order valence-corrected chi connectivity index (χ2v) is 5.75. The number of carbonyl (C=O) groups excluding carboxylic acids is 1. The molecule has 124 valence electrons. The van der Waals surface area contributed by atoms with Gasteiger partial charge in [0.2, 0.25) is 0 Å². The molecule has 0 aliphatic heterocycles. The summed E-state index contributed by atoms with van der Waals surface area (Å²) in [5.41, 5.74) is 3.36. The highest BCUT2D eigenvalue weighted by Gasteiger charge is 2.07. The highest BCUT2D eigenvalue weighted by Crippen LogP contribution is 2.18. The van der Waals surface area contributed by atoms with E-state index in [2.05, 4.69) is 16.0 Å². The first-order valence-corrected chi connectivity index (χ1v) is 8.21. The number of hydrogen-bond donors (Lipinski definition) is 3. The smallest absolute Gasteiger partial charge is 0.257 e. The Balaban J connectivity index is 1.56. The predicted molar refractivity (Wildman–Crippen MR) is 106 cm³/mol. The summed E-state index contributed by atoms with van der Waals surface area (Å²) in [6.45, 7) is 0. The normalized spacial score (nSPS) is 9.92. The predicted octanol–water partition coefficient (Wildman–Crippen LogP) is 4.56. The van der Waals surface area contributed by atoms with Crippen molar-refractivity contribution in [3.8, 4) is 0 Å². The largest absolute Gasteiger partial charge is 0.356 e. The molecule has 0 saturated carbocycles. The van der Waals surface area contributed by atoms with Crippen molar-refractivity contribution < 1.29 is 4.79 Å². The van der Waals surface area contributed by atoms with Crippen molar-refractivity contribution in [2.24, 2.45) is 0 Å². The molecule has 0 spiro atoms. The standard InChI is InChI=1S/C20H17N3OS/c24-19(15-7-3-1-4-8-15)23-20(25)22-18-13-11-17(12-14-18)21-16-9-5-2-6-10-16/h1-14,21H,(H2,22,23,24,25). The van der Waals surface area contributed by atoms with Gasteiger partial charge in [-0.2, -0.15) is 0 Å². The number of amides is 1. The quantitative estimate of drug-likeness (QED) is 0.606. The van der Waals surface area contributed by atoms with E-state index in [1.807, 2.05) is 72.8 Å². The first-order chi connectivity index (χ1) is 12.2. The molecule has 0 aliphatic carbocycles. The van der Waals surface area contributed by atoms with Gasteiger partial charge in [-0.1, -0.05) is 36.4 Å². The van der Waals surface area contributed by atoms with Crippen molar-refractivity contribution in [3.63, 3.8) is 0 Å². The number of rotatable bonds is 4. The summed E-state index contributed by atoms with van der Waals surface area (Å²) in [6.07, 6.45) is 0. The van der Waals surface area contributed by atoms with Crippen molar-refractivity contribution >= 4 is 40.3 Å². The van der Waals surface area contributed by atoms with E-state index < -0.39 is 0 Å². The monoisotopic (exact) mass is 347 g/mol. The maximum Gasteiger partial charge on any atom is 0.257 e. The lowest BCUT2D eigenvalue weighted by Crippen LogP contribution is -2.34. The highest BCUT2D eigenvalue weighted by molar-refractivity contribution is 7.80. The molecule has 0 atom stereocenters. The van der Waals surface area contributed by atoms with Gasteiger partial charge < -0.3 is 10.6 Å². The van der Waals surface area contributed by atoms with Gasteiger partial charge in [-0.25, -0.2) is 0 Å². The van der Waals surface area contributed by atoms with Crippen LogP contribution in [0.2, 0.25) is 0 Å². The minimum Gasteiger partial charge on any atom is -0.356 e. The zero-order chi connectivity index (χ0) is 17.5. The molecule has 0 saturated heterocycles. The molecule has 0 heterocycles. The van der Waals surface area contributed by atoms with E-state index in [4.69, 9.17) is 12.2 Å². The van der Waals surface area contributed by atoms with Crippen LogP contribution in [0.4, 0.5) is 17.1 Å². The first-order valence-electron chi connectivity index (χ1n) is 7.80. The first kappa shape index (κ1) is 16.7. The Hall–Kier alpha value is -3.18. The number of anilines is 3. The fourth-order valence-electron chi connectivity index (χ4n) is 2.25. The molecule has 1 amide bonds. The minimum absolute atomic E-state index is 0.236. The molecule has 0 unspecified atom stereocenters. The van der Waals surface area contributed by atoms with E-state index in [9.17, 15) is 4.79 Å². The number of para-hydroxylation sites is 1. The second-order valence-electron chi connectivity index (χ2n) is 5.34. The van der Waals surface area contributed by atoms with E-state index in [-0.39, 0.29) is 11.0 Å². The van der Waals surface area contributed by atoms with Gasteiger partial charge in [0, 0.05) is 22.6 Å². The van der Waals surface area contributed by atoms with Crippen LogP contribution >= 0.6 is 12.2 Å². The fourth-order valence-corrected chi connectivity index (χ4v) is 2.46. The van der Waals surface area contributed by atoms with Gasteiger partial charge in [-0.05, 0) is 60.7 Å². The van der Waals surface area contributed by atoms with Gasteiger partial charge in [0.05, 0.1) is 0 Å². The van der Waals surface area contributed by atoms with Crippen molar-refractivity contribution in [2.75, 3.05) is 10.6 Å². The summed E-state index contributed by atoms with van der Waals surface area (Å²) in [6, 6.07) is 26.6. The van der Waals surface area contributed by atoms with Crippen LogP contribution in [0.3, 0.4) is 0 Å². The molecule has 0 fully saturated rings. The van der Waals surface area contributed by atoms with Gasteiger partial charge >= 0.3 is 0 Å². The number of hydrogen-bond acceptors (Lipinski definition) is 3. The Labute approximate surface area is 151 Å². The van der Waals surface area contributed by atoms with Crippen molar-refractivity contribution in [3.05, 3.63) is 90.5 Å². The maximum atomic E-state index is 12.1. The number of nitrogens with one attached hydrogen (secondary N) is 3. The molecule has 25 heavy (non-hydrogen) atoms. The van der Waals surface area contributed by atoms with Crippen LogP contribution in [0.25, 0.3) is 0 Å². The lowest BCUT2D eigenvalue weighted by atomic mass is 10.2. The van der Waals surface area contributed by atoms with Crippen molar-refractivity contribution in [2.45, 2.75) is 0 Å². The van der Waals surface area contributed by atoms with Crippen molar-refractivity contribution in [1.29, 1.82) is 0 Å².